The number of unbranched alkanes of at least 4 members (excludes halogenated alkanes) is 8. The monoisotopic (exact) mass is 669 g/mol. The summed E-state index contributed by atoms with van der Waals surface area (Å²) in [6, 6.07) is 0. The molecular formula is C30H59N3O13. The van der Waals surface area contributed by atoms with Gasteiger partial charge in [0, 0.05) is 32.6 Å². The molecule has 3 amide bonds. The molecule has 0 aromatic rings. The molecule has 0 aliphatic rings. The van der Waals surface area contributed by atoms with E-state index in [9.17, 15) is 55.2 Å². The van der Waals surface area contributed by atoms with Crippen LogP contribution in [0.1, 0.15) is 84.0 Å². The quantitative estimate of drug-likeness (QED) is 0.0363. The van der Waals surface area contributed by atoms with Gasteiger partial charge in [0.1, 0.15) is 36.6 Å². The molecule has 16 nitrogen and oxygen atoms in total. The topological polar surface area (TPSA) is 281 Å². The van der Waals surface area contributed by atoms with Crippen LogP contribution in [0.25, 0.3) is 0 Å². The zero-order chi connectivity index (χ0) is 35.1. The predicted octanol–water partition coefficient (Wildman–Crippen LogP) is -3.38. The maximum absolute atomic E-state index is 13.0. The van der Waals surface area contributed by atoms with Crippen LogP contribution in [-0.4, -0.2) is 162 Å². The third-order valence-electron chi connectivity index (χ3n) is 7.70. The molecule has 0 radical (unpaired) electrons. The highest BCUT2D eigenvalue weighted by Gasteiger charge is 2.35. The Balaban J connectivity index is 4.89. The summed E-state index contributed by atoms with van der Waals surface area (Å²) in [6.07, 6.45) is -5.15. The van der Waals surface area contributed by atoms with E-state index in [0.29, 0.717) is 12.8 Å². The molecular weight excluding hydrogens is 610 g/mol. The van der Waals surface area contributed by atoms with Gasteiger partial charge >= 0.3 is 0 Å². The summed E-state index contributed by atoms with van der Waals surface area (Å²) in [4.78, 5) is 38.9. The standard InChI is InChI=1S/C30H59N3O13/c1-2-3-4-5-6-7-8-9-10-13-22(38)33(16-11-14-31-29(45)27(43)25(41)23(39)20(36)18-34)17-12-15-32-30(46)28(44)26(42)24(40)21(37)19-35/h20-21,23-28,34-37,39-44H,2-19H2,1H3,(H,31,45)(H,32,46)/t20-,21-,23+,24+,25-,26-,27+,28+/m0/s1. The van der Waals surface area contributed by atoms with Crippen LogP contribution in [-0.2, 0) is 14.4 Å². The molecule has 0 saturated carbocycles. The van der Waals surface area contributed by atoms with Crippen molar-refractivity contribution in [3.8, 4) is 0 Å². The summed E-state index contributed by atoms with van der Waals surface area (Å²) in [6.45, 7) is 0.764. The van der Waals surface area contributed by atoms with Crippen molar-refractivity contribution in [1.82, 2.24) is 15.5 Å². The van der Waals surface area contributed by atoms with Crippen molar-refractivity contribution in [2.24, 2.45) is 0 Å². The molecule has 0 rings (SSSR count). The van der Waals surface area contributed by atoms with Crippen molar-refractivity contribution in [1.29, 1.82) is 0 Å². The Kier molecular flexibility index (Phi) is 24.9. The zero-order valence-electron chi connectivity index (χ0n) is 27.0. The van der Waals surface area contributed by atoms with E-state index in [-0.39, 0.29) is 44.9 Å². The summed E-state index contributed by atoms with van der Waals surface area (Å²) >= 11 is 0. The third-order valence-corrected chi connectivity index (χ3v) is 7.70. The first-order valence-electron chi connectivity index (χ1n) is 16.3. The van der Waals surface area contributed by atoms with E-state index >= 15 is 0 Å². The molecule has 0 aliphatic heterocycles. The normalized spacial score (nSPS) is 16.8. The molecule has 0 aromatic heterocycles. The van der Waals surface area contributed by atoms with Crippen molar-refractivity contribution in [3.63, 3.8) is 0 Å². The maximum atomic E-state index is 13.0. The van der Waals surface area contributed by atoms with Crippen LogP contribution in [0.3, 0.4) is 0 Å². The van der Waals surface area contributed by atoms with Gasteiger partial charge in [0.25, 0.3) is 11.8 Å². The Morgan fingerprint density at radius 3 is 1.28 bits per heavy atom. The van der Waals surface area contributed by atoms with Crippen LogP contribution < -0.4 is 10.6 Å². The van der Waals surface area contributed by atoms with Gasteiger partial charge in [-0.1, -0.05) is 58.3 Å². The van der Waals surface area contributed by atoms with Gasteiger partial charge in [0.15, 0.2) is 12.2 Å². The Labute approximate surface area is 271 Å². The smallest absolute Gasteiger partial charge is 0.251 e. The molecule has 46 heavy (non-hydrogen) atoms. The number of aliphatic hydroxyl groups is 10. The fourth-order valence-corrected chi connectivity index (χ4v) is 4.63. The number of hydrogen-bond donors (Lipinski definition) is 12. The lowest BCUT2D eigenvalue weighted by atomic mass is 10.0. The second-order valence-electron chi connectivity index (χ2n) is 11.6. The lowest BCUT2D eigenvalue weighted by Crippen LogP contribution is -2.52. The van der Waals surface area contributed by atoms with Crippen molar-refractivity contribution in [3.05, 3.63) is 0 Å². The predicted molar refractivity (Wildman–Crippen MR) is 166 cm³/mol. The van der Waals surface area contributed by atoms with Gasteiger partial charge in [-0.15, -0.1) is 0 Å². The van der Waals surface area contributed by atoms with E-state index in [0.717, 1.165) is 25.7 Å². The van der Waals surface area contributed by atoms with Gasteiger partial charge in [0.2, 0.25) is 5.91 Å². The maximum Gasteiger partial charge on any atom is 0.251 e. The van der Waals surface area contributed by atoms with Gasteiger partial charge < -0.3 is 66.6 Å². The van der Waals surface area contributed by atoms with Gasteiger partial charge in [-0.2, -0.15) is 0 Å². The van der Waals surface area contributed by atoms with E-state index in [2.05, 4.69) is 17.6 Å². The average Bonchev–Trinajstić information content (AvgIpc) is 3.06. The zero-order valence-corrected chi connectivity index (χ0v) is 27.0. The number of rotatable bonds is 28. The fourth-order valence-electron chi connectivity index (χ4n) is 4.63. The molecule has 0 heterocycles. The summed E-state index contributed by atoms with van der Waals surface area (Å²) in [5.41, 5.74) is 0. The molecule has 0 aromatic carbocycles. The third kappa shape index (κ3) is 17.8. The van der Waals surface area contributed by atoms with Crippen molar-refractivity contribution in [2.45, 2.75) is 133 Å². The van der Waals surface area contributed by atoms with Gasteiger partial charge in [-0.25, -0.2) is 0 Å². The first-order valence-corrected chi connectivity index (χ1v) is 16.3. The minimum atomic E-state index is -2.08. The van der Waals surface area contributed by atoms with Crippen molar-refractivity contribution in [2.75, 3.05) is 39.4 Å². The summed E-state index contributed by atoms with van der Waals surface area (Å²) in [7, 11) is 0. The molecule has 0 saturated heterocycles. The molecule has 0 unspecified atom stereocenters. The molecule has 272 valence electrons. The van der Waals surface area contributed by atoms with E-state index in [1.54, 1.807) is 4.90 Å². The number of carbonyl (C=O) groups excluding carboxylic acids is 3. The average molecular weight is 670 g/mol. The number of aliphatic hydroxyl groups excluding tert-OH is 10. The largest absolute Gasteiger partial charge is 0.394 e. The van der Waals surface area contributed by atoms with Gasteiger partial charge in [-0.05, 0) is 19.3 Å². The first kappa shape index (κ1) is 44.0. The number of nitrogens with zero attached hydrogens (tertiary/aromatic N) is 1. The molecule has 0 aliphatic carbocycles. The highest BCUT2D eigenvalue weighted by molar-refractivity contribution is 5.81. The minimum Gasteiger partial charge on any atom is -0.394 e. The van der Waals surface area contributed by atoms with Crippen LogP contribution in [0, 0.1) is 0 Å². The van der Waals surface area contributed by atoms with E-state index < -0.39 is 73.9 Å². The van der Waals surface area contributed by atoms with Crippen LogP contribution in [0.15, 0.2) is 0 Å². The Bertz CT molecular complexity index is 777. The molecule has 0 bridgehead atoms. The van der Waals surface area contributed by atoms with E-state index in [1.807, 2.05) is 0 Å². The Morgan fingerprint density at radius 1 is 0.543 bits per heavy atom. The van der Waals surface area contributed by atoms with Crippen LogP contribution in [0.4, 0.5) is 0 Å². The molecule has 16 heteroatoms. The summed E-state index contributed by atoms with van der Waals surface area (Å²) < 4.78 is 0. The number of hydrogen-bond acceptors (Lipinski definition) is 13. The van der Waals surface area contributed by atoms with Crippen LogP contribution in [0.5, 0.6) is 0 Å². The fraction of sp³-hybridized carbons (Fsp3) is 0.900. The van der Waals surface area contributed by atoms with Crippen molar-refractivity contribution >= 4 is 17.7 Å². The van der Waals surface area contributed by atoms with Gasteiger partial charge in [-0.3, -0.25) is 14.4 Å². The molecule has 0 fully saturated rings. The highest BCUT2D eigenvalue weighted by atomic mass is 16.4. The SMILES string of the molecule is CCCCCCCCCCCC(=O)N(CCCNC(=O)[C@H](O)[C@@H](O)[C@H](O)[C@@H](O)CO)CCCNC(=O)[C@H](O)[C@@H](O)[C@H](O)[C@@H](O)CO. The molecule has 0 spiro atoms. The number of amides is 3. The van der Waals surface area contributed by atoms with E-state index in [1.165, 1.54) is 25.7 Å². The second kappa shape index (κ2) is 26.0. The molecule has 8 atom stereocenters. The van der Waals surface area contributed by atoms with Crippen molar-refractivity contribution < 1.29 is 65.4 Å². The number of nitrogens with one attached hydrogen (secondary N) is 2. The first-order chi connectivity index (χ1) is 21.8. The molecule has 12 N–H and O–H groups in total. The van der Waals surface area contributed by atoms with Crippen LogP contribution in [0.2, 0.25) is 0 Å². The second-order valence-corrected chi connectivity index (χ2v) is 11.6. The van der Waals surface area contributed by atoms with Gasteiger partial charge in [0.05, 0.1) is 13.2 Å². The number of carbonyl (C=O) groups is 3. The summed E-state index contributed by atoms with van der Waals surface area (Å²) in [5.74, 6) is -2.19. The Morgan fingerprint density at radius 2 is 0.913 bits per heavy atom. The highest BCUT2D eigenvalue weighted by Crippen LogP contribution is 2.12. The minimum absolute atomic E-state index is 0.00803. The van der Waals surface area contributed by atoms with E-state index in [4.69, 9.17) is 10.2 Å². The summed E-state index contributed by atoms with van der Waals surface area (Å²) in [5, 5.41) is 100. The van der Waals surface area contributed by atoms with Crippen LogP contribution >= 0.6 is 0 Å². The Hall–Kier alpha value is -1.99. The lowest BCUT2D eigenvalue weighted by molar-refractivity contribution is -0.149. The lowest BCUT2D eigenvalue weighted by Gasteiger charge is -2.26.